The van der Waals surface area contributed by atoms with Gasteiger partial charge >= 0.3 is 11.9 Å². The van der Waals surface area contributed by atoms with Gasteiger partial charge in [0.2, 0.25) is 0 Å². The molecule has 0 aliphatic heterocycles. The molecule has 144 valence electrons. The summed E-state index contributed by atoms with van der Waals surface area (Å²) in [4.78, 5) is 37.5. The van der Waals surface area contributed by atoms with Crippen LogP contribution < -0.4 is 4.74 Å². The van der Waals surface area contributed by atoms with Crippen LogP contribution in [0.1, 0.15) is 55.6 Å². The van der Waals surface area contributed by atoms with Crippen molar-refractivity contribution in [1.82, 2.24) is 0 Å². The summed E-state index contributed by atoms with van der Waals surface area (Å²) in [7, 11) is 0. The highest BCUT2D eigenvalue weighted by atomic mass is 16.5. The Kier molecular flexibility index (Phi) is 5.20. The molecule has 1 aliphatic carbocycles. The molecule has 1 aliphatic rings. The second-order valence-corrected chi connectivity index (χ2v) is 6.70. The predicted molar refractivity (Wildman–Crippen MR) is 106 cm³/mol. The molecule has 0 radical (unpaired) electrons. The molecule has 29 heavy (non-hydrogen) atoms. The topological polar surface area (TPSA) is 69.7 Å². The van der Waals surface area contributed by atoms with Crippen LogP contribution in [0.15, 0.2) is 78.9 Å². The molecule has 0 fully saturated rings. The summed E-state index contributed by atoms with van der Waals surface area (Å²) in [5, 5.41) is 0. The molecule has 3 aromatic rings. The van der Waals surface area contributed by atoms with E-state index in [0.29, 0.717) is 28.7 Å². The Hall–Kier alpha value is -3.73. The van der Waals surface area contributed by atoms with Gasteiger partial charge in [-0.3, -0.25) is 4.79 Å². The summed E-state index contributed by atoms with van der Waals surface area (Å²) in [6.07, 6.45) is 0.0194. The first-order valence-electron chi connectivity index (χ1n) is 9.33. The highest BCUT2D eigenvalue weighted by Gasteiger charge is 2.32. The number of ketones is 1. The number of benzene rings is 3. The van der Waals surface area contributed by atoms with Crippen molar-refractivity contribution in [2.45, 2.75) is 18.9 Å². The van der Waals surface area contributed by atoms with Crippen molar-refractivity contribution < 1.29 is 23.9 Å². The number of rotatable bonds is 4. The van der Waals surface area contributed by atoms with Gasteiger partial charge in [-0.15, -0.1) is 0 Å². The van der Waals surface area contributed by atoms with Crippen molar-refractivity contribution in [3.63, 3.8) is 0 Å². The maximum absolute atomic E-state index is 12.6. The van der Waals surface area contributed by atoms with Gasteiger partial charge < -0.3 is 9.47 Å². The average molecular weight is 386 g/mol. The molecular weight excluding hydrogens is 368 g/mol. The summed E-state index contributed by atoms with van der Waals surface area (Å²) in [5.41, 5.74) is 1.69. The molecule has 0 amide bonds. The Labute approximate surface area is 167 Å². The van der Waals surface area contributed by atoms with E-state index in [1.165, 1.54) is 0 Å². The number of carbonyl (C=O) groups is 3. The maximum atomic E-state index is 12.6. The summed E-state index contributed by atoms with van der Waals surface area (Å²) >= 11 is 0. The SMILES string of the molecule is O=C(Oc1cccc2c1C(=O)CC[C@H]2OC(=O)c1ccccc1)c1ccccc1. The third-order valence-corrected chi connectivity index (χ3v) is 4.79. The van der Waals surface area contributed by atoms with Crippen LogP contribution >= 0.6 is 0 Å². The van der Waals surface area contributed by atoms with Crippen molar-refractivity contribution in [2.75, 3.05) is 0 Å². The second kappa shape index (κ2) is 8.10. The van der Waals surface area contributed by atoms with Crippen LogP contribution in [0.2, 0.25) is 0 Å². The van der Waals surface area contributed by atoms with E-state index in [2.05, 4.69) is 0 Å². The van der Waals surface area contributed by atoms with E-state index in [0.717, 1.165) is 0 Å². The third kappa shape index (κ3) is 3.94. The summed E-state index contributed by atoms with van der Waals surface area (Å²) in [6, 6.07) is 22.3. The Morgan fingerprint density at radius 3 is 2.03 bits per heavy atom. The van der Waals surface area contributed by atoms with Crippen LogP contribution in [-0.2, 0) is 4.74 Å². The lowest BCUT2D eigenvalue weighted by Gasteiger charge is -2.26. The zero-order chi connectivity index (χ0) is 20.2. The van der Waals surface area contributed by atoms with Gasteiger partial charge in [0.05, 0.1) is 16.7 Å². The summed E-state index contributed by atoms with van der Waals surface area (Å²) < 4.78 is 11.2. The zero-order valence-electron chi connectivity index (χ0n) is 15.5. The fraction of sp³-hybridized carbons (Fsp3) is 0.125. The van der Waals surface area contributed by atoms with E-state index in [1.54, 1.807) is 72.8 Å². The van der Waals surface area contributed by atoms with Crippen molar-refractivity contribution in [3.05, 3.63) is 101 Å². The van der Waals surface area contributed by atoms with Crippen LogP contribution in [0, 0.1) is 0 Å². The number of fused-ring (bicyclic) bond motifs is 1. The number of hydrogen-bond donors (Lipinski definition) is 0. The van der Waals surface area contributed by atoms with E-state index in [-0.39, 0.29) is 18.0 Å². The Morgan fingerprint density at radius 1 is 0.759 bits per heavy atom. The molecule has 0 heterocycles. The quantitative estimate of drug-likeness (QED) is 0.477. The molecule has 1 atom stereocenters. The largest absolute Gasteiger partial charge is 0.454 e. The van der Waals surface area contributed by atoms with Gasteiger partial charge in [-0.1, -0.05) is 48.5 Å². The van der Waals surface area contributed by atoms with Gasteiger partial charge in [-0.25, -0.2) is 9.59 Å². The van der Waals surface area contributed by atoms with E-state index >= 15 is 0 Å². The third-order valence-electron chi connectivity index (χ3n) is 4.79. The highest BCUT2D eigenvalue weighted by molar-refractivity contribution is 6.03. The van der Waals surface area contributed by atoms with E-state index in [9.17, 15) is 14.4 Å². The highest BCUT2D eigenvalue weighted by Crippen LogP contribution is 2.38. The van der Waals surface area contributed by atoms with Gasteiger partial charge in [-0.05, 0) is 36.8 Å². The lowest BCUT2D eigenvalue weighted by Crippen LogP contribution is -2.22. The van der Waals surface area contributed by atoms with Gasteiger partial charge in [0, 0.05) is 12.0 Å². The summed E-state index contributed by atoms with van der Waals surface area (Å²) in [5.74, 6) is -0.955. The Balaban J connectivity index is 1.61. The molecule has 4 rings (SSSR count). The number of esters is 2. The van der Waals surface area contributed by atoms with Gasteiger partial charge in [0.15, 0.2) is 5.78 Å². The van der Waals surface area contributed by atoms with Gasteiger partial charge in [0.25, 0.3) is 0 Å². The molecule has 0 saturated carbocycles. The minimum atomic E-state index is -0.578. The maximum Gasteiger partial charge on any atom is 0.343 e. The number of Topliss-reactive ketones (excluding diaryl/α,β-unsaturated/α-hetero) is 1. The molecule has 0 saturated heterocycles. The number of hydrogen-bond acceptors (Lipinski definition) is 5. The number of ether oxygens (including phenoxy) is 2. The monoisotopic (exact) mass is 386 g/mol. The van der Waals surface area contributed by atoms with Gasteiger partial charge in [0.1, 0.15) is 11.9 Å². The molecule has 0 N–H and O–H groups in total. The molecule has 0 bridgehead atoms. The smallest absolute Gasteiger partial charge is 0.343 e. The van der Waals surface area contributed by atoms with Crippen LogP contribution in [0.5, 0.6) is 5.75 Å². The molecule has 0 aromatic heterocycles. The Morgan fingerprint density at radius 2 is 1.38 bits per heavy atom. The minimum Gasteiger partial charge on any atom is -0.454 e. The molecule has 0 spiro atoms. The first kappa shape index (κ1) is 18.6. The predicted octanol–water partition coefficient (Wildman–Crippen LogP) is 4.78. The first-order chi connectivity index (χ1) is 14.1. The van der Waals surface area contributed by atoms with E-state index in [4.69, 9.17) is 9.47 Å². The van der Waals surface area contributed by atoms with Crippen LogP contribution in [-0.4, -0.2) is 17.7 Å². The molecule has 5 heteroatoms. The minimum absolute atomic E-state index is 0.136. The van der Waals surface area contributed by atoms with Crippen molar-refractivity contribution in [1.29, 1.82) is 0 Å². The first-order valence-corrected chi connectivity index (χ1v) is 9.33. The van der Waals surface area contributed by atoms with Crippen molar-refractivity contribution in [3.8, 4) is 5.75 Å². The molecule has 0 unspecified atom stereocenters. The van der Waals surface area contributed by atoms with E-state index < -0.39 is 18.0 Å². The lowest BCUT2D eigenvalue weighted by molar-refractivity contribution is 0.0250. The van der Waals surface area contributed by atoms with E-state index in [1.807, 2.05) is 6.07 Å². The Bertz CT molecular complexity index is 1060. The van der Waals surface area contributed by atoms with Gasteiger partial charge in [-0.2, -0.15) is 0 Å². The standard InChI is InChI=1S/C24H18O5/c25-19-14-15-20(28-23(26)16-8-3-1-4-9-16)18-12-7-13-21(22(18)19)29-24(27)17-10-5-2-6-11-17/h1-13,20H,14-15H2/t20-/m1/s1. The van der Waals surface area contributed by atoms with Crippen molar-refractivity contribution in [2.24, 2.45) is 0 Å². The molecular formula is C24H18O5. The molecule has 3 aromatic carbocycles. The fourth-order valence-corrected chi connectivity index (χ4v) is 3.37. The normalized spacial score (nSPS) is 15.3. The fourth-order valence-electron chi connectivity index (χ4n) is 3.37. The van der Waals surface area contributed by atoms with Crippen LogP contribution in [0.25, 0.3) is 0 Å². The number of carbonyl (C=O) groups excluding carboxylic acids is 3. The molecule has 5 nitrogen and oxygen atoms in total. The van der Waals surface area contributed by atoms with Crippen molar-refractivity contribution >= 4 is 17.7 Å². The average Bonchev–Trinajstić information content (AvgIpc) is 2.77. The zero-order valence-corrected chi connectivity index (χ0v) is 15.5. The summed E-state index contributed by atoms with van der Waals surface area (Å²) in [6.45, 7) is 0. The lowest BCUT2D eigenvalue weighted by atomic mass is 9.87. The second-order valence-electron chi connectivity index (χ2n) is 6.70. The van der Waals surface area contributed by atoms with Crippen LogP contribution in [0.4, 0.5) is 0 Å². The van der Waals surface area contributed by atoms with Crippen LogP contribution in [0.3, 0.4) is 0 Å².